The summed E-state index contributed by atoms with van der Waals surface area (Å²) in [6.07, 6.45) is 1.66. The summed E-state index contributed by atoms with van der Waals surface area (Å²) in [5, 5.41) is 7.37. The first-order chi connectivity index (χ1) is 8.77. The summed E-state index contributed by atoms with van der Waals surface area (Å²) in [5.41, 5.74) is 3.02. The fourth-order valence-corrected chi connectivity index (χ4v) is 2.52. The van der Waals surface area contributed by atoms with Crippen LogP contribution in [-0.2, 0) is 13.6 Å². The number of nitrogens with one attached hydrogen (secondary N) is 1. The highest BCUT2D eigenvalue weighted by Gasteiger charge is 2.28. The Labute approximate surface area is 106 Å². The van der Waals surface area contributed by atoms with Gasteiger partial charge in [0.25, 0.3) is 0 Å². The molecular weight excluding hydrogens is 226 g/mol. The second kappa shape index (κ2) is 4.38. The Hall–Kier alpha value is -1.94. The van der Waals surface area contributed by atoms with E-state index in [0.717, 1.165) is 12.1 Å². The van der Waals surface area contributed by atoms with Crippen molar-refractivity contribution in [2.45, 2.75) is 12.5 Å². The zero-order chi connectivity index (χ0) is 12.5. The van der Waals surface area contributed by atoms with E-state index in [1.165, 1.54) is 5.56 Å². The molecule has 0 radical (unpaired) electrons. The normalized spacial score (nSPS) is 18.4. The molecule has 3 rings (SSSR count). The molecule has 1 atom stereocenters. The number of aromatic nitrogens is 2. The maximum atomic E-state index is 12.5. The number of ketones is 1. The van der Waals surface area contributed by atoms with Gasteiger partial charge in [0, 0.05) is 26.3 Å². The predicted molar refractivity (Wildman–Crippen MR) is 68.4 cm³/mol. The molecule has 1 aliphatic heterocycles. The lowest BCUT2D eigenvalue weighted by molar-refractivity contribution is 0.0945. The standard InChI is InChI=1S/C14H15N3O/c1-17-13(6-7-16-17)14(18)12-9-15-8-10-4-2-3-5-11(10)12/h2-7,12,15H,8-9H2,1H3. The number of Topliss-reactive ketones (excluding diaryl/α,β-unsaturated/α-hetero) is 1. The molecule has 18 heavy (non-hydrogen) atoms. The van der Waals surface area contributed by atoms with Crippen molar-refractivity contribution < 1.29 is 4.79 Å². The number of aryl methyl sites for hydroxylation is 1. The number of hydrogen-bond donors (Lipinski definition) is 1. The number of hydrogen-bond acceptors (Lipinski definition) is 3. The summed E-state index contributed by atoms with van der Waals surface area (Å²) >= 11 is 0. The molecule has 1 N–H and O–H groups in total. The molecule has 1 aromatic heterocycles. The van der Waals surface area contributed by atoms with E-state index in [-0.39, 0.29) is 11.7 Å². The van der Waals surface area contributed by atoms with Gasteiger partial charge in [0.1, 0.15) is 5.69 Å². The summed E-state index contributed by atoms with van der Waals surface area (Å²) in [5.74, 6) is 0.0278. The van der Waals surface area contributed by atoms with Gasteiger partial charge in [-0.1, -0.05) is 24.3 Å². The maximum Gasteiger partial charge on any atom is 0.189 e. The van der Waals surface area contributed by atoms with Crippen LogP contribution in [0, 0.1) is 0 Å². The van der Waals surface area contributed by atoms with Gasteiger partial charge >= 0.3 is 0 Å². The zero-order valence-corrected chi connectivity index (χ0v) is 10.3. The van der Waals surface area contributed by atoms with Crippen molar-refractivity contribution in [3.05, 3.63) is 53.3 Å². The minimum absolute atomic E-state index is 0.106. The fraction of sp³-hybridized carbons (Fsp3) is 0.286. The molecule has 2 heterocycles. The lowest BCUT2D eigenvalue weighted by Gasteiger charge is -2.25. The van der Waals surface area contributed by atoms with Crippen molar-refractivity contribution in [1.82, 2.24) is 15.1 Å². The van der Waals surface area contributed by atoms with Crippen LogP contribution in [0.1, 0.15) is 27.5 Å². The van der Waals surface area contributed by atoms with Crippen molar-refractivity contribution >= 4 is 5.78 Å². The Bertz CT molecular complexity index is 588. The minimum Gasteiger partial charge on any atom is -0.312 e. The molecule has 2 aromatic rings. The van der Waals surface area contributed by atoms with Gasteiger partial charge in [-0.2, -0.15) is 5.10 Å². The van der Waals surface area contributed by atoms with Crippen molar-refractivity contribution in [2.75, 3.05) is 6.54 Å². The first kappa shape index (κ1) is 11.2. The number of benzene rings is 1. The smallest absolute Gasteiger partial charge is 0.189 e. The molecule has 4 nitrogen and oxygen atoms in total. The van der Waals surface area contributed by atoms with Gasteiger partial charge in [-0.15, -0.1) is 0 Å². The highest BCUT2D eigenvalue weighted by molar-refractivity contribution is 6.00. The molecule has 92 valence electrons. The van der Waals surface area contributed by atoms with Gasteiger partial charge in [0.15, 0.2) is 5.78 Å². The van der Waals surface area contributed by atoms with E-state index < -0.39 is 0 Å². The topological polar surface area (TPSA) is 46.9 Å². The summed E-state index contributed by atoms with van der Waals surface area (Å²) < 4.78 is 1.64. The first-order valence-corrected chi connectivity index (χ1v) is 6.08. The van der Waals surface area contributed by atoms with Crippen molar-refractivity contribution in [3.63, 3.8) is 0 Å². The Kier molecular flexibility index (Phi) is 2.72. The molecule has 0 bridgehead atoms. The third-order valence-electron chi connectivity index (χ3n) is 3.48. The van der Waals surface area contributed by atoms with Crippen LogP contribution in [0.5, 0.6) is 0 Å². The molecule has 1 aromatic carbocycles. The lowest BCUT2D eigenvalue weighted by atomic mass is 9.87. The van der Waals surface area contributed by atoms with E-state index in [2.05, 4.69) is 22.5 Å². The van der Waals surface area contributed by atoms with Crippen molar-refractivity contribution in [3.8, 4) is 0 Å². The fourth-order valence-electron chi connectivity index (χ4n) is 2.52. The SMILES string of the molecule is Cn1nccc1C(=O)C1CNCc2ccccc21. The van der Waals surface area contributed by atoms with Gasteiger partial charge in [0.05, 0.1) is 5.92 Å². The second-order valence-corrected chi connectivity index (χ2v) is 4.59. The van der Waals surface area contributed by atoms with Crippen molar-refractivity contribution in [2.24, 2.45) is 7.05 Å². The third kappa shape index (κ3) is 1.75. The maximum absolute atomic E-state index is 12.5. The highest BCUT2D eigenvalue weighted by atomic mass is 16.1. The summed E-state index contributed by atoms with van der Waals surface area (Å²) in [7, 11) is 1.80. The van der Waals surface area contributed by atoms with E-state index in [9.17, 15) is 4.79 Å². The Morgan fingerprint density at radius 3 is 3.00 bits per heavy atom. The number of carbonyl (C=O) groups is 1. The Morgan fingerprint density at radius 1 is 1.39 bits per heavy atom. The van der Waals surface area contributed by atoms with Gasteiger partial charge in [-0.3, -0.25) is 9.48 Å². The summed E-state index contributed by atoms with van der Waals surface area (Å²) in [6.45, 7) is 1.53. The quantitative estimate of drug-likeness (QED) is 0.810. The number of rotatable bonds is 2. The molecule has 0 saturated carbocycles. The average molecular weight is 241 g/mol. The molecule has 1 aliphatic rings. The van der Waals surface area contributed by atoms with Crippen LogP contribution in [0.15, 0.2) is 36.5 Å². The van der Waals surface area contributed by atoms with Crippen LogP contribution in [0.25, 0.3) is 0 Å². The predicted octanol–water partition coefficient (Wildman–Crippen LogP) is 1.49. The summed E-state index contributed by atoms with van der Waals surface area (Å²) in [4.78, 5) is 12.5. The zero-order valence-electron chi connectivity index (χ0n) is 10.3. The molecule has 0 amide bonds. The van der Waals surface area contributed by atoms with Gasteiger partial charge < -0.3 is 5.32 Å². The van der Waals surface area contributed by atoms with Crippen LogP contribution < -0.4 is 5.32 Å². The second-order valence-electron chi connectivity index (χ2n) is 4.59. The molecule has 0 saturated heterocycles. The first-order valence-electron chi connectivity index (χ1n) is 6.08. The molecule has 1 unspecified atom stereocenters. The lowest BCUT2D eigenvalue weighted by Crippen LogP contribution is -2.33. The molecule has 4 heteroatoms. The monoisotopic (exact) mass is 241 g/mol. The van der Waals surface area contributed by atoms with Gasteiger partial charge in [-0.25, -0.2) is 0 Å². The van der Waals surface area contributed by atoms with Crippen LogP contribution >= 0.6 is 0 Å². The third-order valence-corrected chi connectivity index (χ3v) is 3.48. The largest absolute Gasteiger partial charge is 0.312 e. The van der Waals surface area contributed by atoms with Gasteiger partial charge in [-0.05, 0) is 17.2 Å². The van der Waals surface area contributed by atoms with E-state index >= 15 is 0 Å². The molecule has 0 fully saturated rings. The average Bonchev–Trinajstić information content (AvgIpc) is 2.83. The van der Waals surface area contributed by atoms with Gasteiger partial charge in [0.2, 0.25) is 0 Å². The number of nitrogens with zero attached hydrogens (tertiary/aromatic N) is 2. The van der Waals surface area contributed by atoms with E-state index in [1.54, 1.807) is 24.0 Å². The number of carbonyl (C=O) groups excluding carboxylic acids is 1. The van der Waals surface area contributed by atoms with E-state index in [1.807, 2.05) is 12.1 Å². The summed E-state index contributed by atoms with van der Waals surface area (Å²) in [6, 6.07) is 9.91. The van der Waals surface area contributed by atoms with Crippen LogP contribution in [0.2, 0.25) is 0 Å². The van der Waals surface area contributed by atoms with Crippen molar-refractivity contribution in [1.29, 1.82) is 0 Å². The number of fused-ring (bicyclic) bond motifs is 1. The minimum atomic E-state index is -0.106. The van der Waals surface area contributed by atoms with Crippen LogP contribution in [0.4, 0.5) is 0 Å². The van der Waals surface area contributed by atoms with Crippen LogP contribution in [0.3, 0.4) is 0 Å². The molecule has 0 aliphatic carbocycles. The molecular formula is C14H15N3O. The van der Waals surface area contributed by atoms with E-state index in [0.29, 0.717) is 12.2 Å². The Balaban J connectivity index is 2.00. The Morgan fingerprint density at radius 2 is 2.22 bits per heavy atom. The van der Waals surface area contributed by atoms with E-state index in [4.69, 9.17) is 0 Å². The van der Waals surface area contributed by atoms with Crippen LogP contribution in [-0.4, -0.2) is 22.1 Å². The highest BCUT2D eigenvalue weighted by Crippen LogP contribution is 2.26. The molecule has 0 spiro atoms.